The average molecular weight is 295 g/mol. The molecule has 1 atom stereocenters. The van der Waals surface area contributed by atoms with E-state index in [-0.39, 0.29) is 11.6 Å². The van der Waals surface area contributed by atoms with Gasteiger partial charge in [0.25, 0.3) is 5.56 Å². The zero-order valence-corrected chi connectivity index (χ0v) is 10.7. The monoisotopic (exact) mass is 294 g/mol. The zero-order valence-electron chi connectivity index (χ0n) is 9.14. The molecule has 1 unspecified atom stereocenters. The van der Waals surface area contributed by atoms with Crippen LogP contribution < -0.4 is 10.9 Å². The van der Waals surface area contributed by atoms with Crippen LogP contribution in [0.25, 0.3) is 0 Å². The molecule has 2 aromatic heterocycles. The number of H-pyrrole nitrogens is 1. The maximum absolute atomic E-state index is 11.4. The largest absolute Gasteiger partial charge is 0.362 e. The number of nitrogens with one attached hydrogen (secondary N) is 2. The third kappa shape index (κ3) is 2.71. The summed E-state index contributed by atoms with van der Waals surface area (Å²) in [5, 5.41) is 3.15. The van der Waals surface area contributed by atoms with E-state index in [1.165, 1.54) is 6.33 Å². The van der Waals surface area contributed by atoms with Crippen molar-refractivity contribution in [3.8, 4) is 0 Å². The molecule has 0 saturated heterocycles. The summed E-state index contributed by atoms with van der Waals surface area (Å²) < 4.78 is 0.399. The highest BCUT2D eigenvalue weighted by Crippen LogP contribution is 2.20. The van der Waals surface area contributed by atoms with Crippen molar-refractivity contribution < 1.29 is 0 Å². The molecule has 0 amide bonds. The number of anilines is 1. The number of pyridine rings is 1. The molecule has 88 valence electrons. The number of hydrogen-bond donors (Lipinski definition) is 2. The van der Waals surface area contributed by atoms with E-state index >= 15 is 0 Å². The van der Waals surface area contributed by atoms with Crippen molar-refractivity contribution in [3.05, 3.63) is 51.2 Å². The molecule has 5 nitrogen and oxygen atoms in total. The van der Waals surface area contributed by atoms with Crippen molar-refractivity contribution in [3.63, 3.8) is 0 Å². The normalized spacial score (nSPS) is 12.1. The van der Waals surface area contributed by atoms with Crippen LogP contribution in [0.4, 0.5) is 5.82 Å². The van der Waals surface area contributed by atoms with Crippen LogP contribution in [0.3, 0.4) is 0 Å². The Labute approximate surface area is 106 Å². The highest BCUT2D eigenvalue weighted by molar-refractivity contribution is 9.10. The molecule has 0 radical (unpaired) electrons. The van der Waals surface area contributed by atoms with E-state index < -0.39 is 0 Å². The van der Waals surface area contributed by atoms with Crippen LogP contribution in [0.15, 0.2) is 40.1 Å². The van der Waals surface area contributed by atoms with Crippen LogP contribution in [-0.2, 0) is 0 Å². The van der Waals surface area contributed by atoms with Crippen LogP contribution in [0.1, 0.15) is 18.5 Å². The predicted molar refractivity (Wildman–Crippen MR) is 68.8 cm³/mol. The molecule has 0 aliphatic rings. The summed E-state index contributed by atoms with van der Waals surface area (Å²) in [6.45, 7) is 1.98. The first kappa shape index (κ1) is 11.8. The lowest BCUT2D eigenvalue weighted by atomic mass is 10.1. The smallest absolute Gasteiger partial charge is 0.267 e. The Morgan fingerprint density at radius 3 is 3.06 bits per heavy atom. The van der Waals surface area contributed by atoms with Crippen LogP contribution in [0.5, 0.6) is 0 Å². The summed E-state index contributed by atoms with van der Waals surface area (Å²) in [6.07, 6.45) is 4.86. The highest BCUT2D eigenvalue weighted by Gasteiger charge is 2.10. The molecule has 2 rings (SSSR count). The minimum atomic E-state index is -0.208. The van der Waals surface area contributed by atoms with Gasteiger partial charge in [0.1, 0.15) is 10.3 Å². The van der Waals surface area contributed by atoms with Crippen molar-refractivity contribution in [1.82, 2.24) is 15.0 Å². The molecule has 2 N–H and O–H groups in total. The lowest BCUT2D eigenvalue weighted by Crippen LogP contribution is -2.14. The fourth-order valence-corrected chi connectivity index (χ4v) is 1.74. The molecule has 2 heterocycles. The van der Waals surface area contributed by atoms with Gasteiger partial charge < -0.3 is 10.3 Å². The van der Waals surface area contributed by atoms with Crippen molar-refractivity contribution in [2.45, 2.75) is 13.0 Å². The van der Waals surface area contributed by atoms with Gasteiger partial charge in [-0.2, -0.15) is 0 Å². The zero-order chi connectivity index (χ0) is 12.3. The number of nitrogens with zero attached hydrogens (tertiary/aromatic N) is 2. The number of hydrogen-bond acceptors (Lipinski definition) is 4. The number of rotatable bonds is 3. The van der Waals surface area contributed by atoms with E-state index in [4.69, 9.17) is 0 Å². The van der Waals surface area contributed by atoms with Gasteiger partial charge in [-0.05, 0) is 34.5 Å². The van der Waals surface area contributed by atoms with Crippen molar-refractivity contribution in [2.75, 3.05) is 5.32 Å². The Bertz CT molecular complexity index is 555. The molecular formula is C11H11BrN4O. The van der Waals surface area contributed by atoms with Gasteiger partial charge >= 0.3 is 0 Å². The Balaban J connectivity index is 2.22. The molecule has 0 spiro atoms. The molecule has 0 fully saturated rings. The van der Waals surface area contributed by atoms with Gasteiger partial charge in [0.05, 0.1) is 12.4 Å². The van der Waals surface area contributed by atoms with Gasteiger partial charge in [-0.15, -0.1) is 0 Å². The molecule has 0 aliphatic carbocycles. The second-order valence-corrected chi connectivity index (χ2v) is 4.34. The lowest BCUT2D eigenvalue weighted by molar-refractivity contribution is 0.860. The molecule has 0 aromatic carbocycles. The Morgan fingerprint density at radius 1 is 1.53 bits per heavy atom. The van der Waals surface area contributed by atoms with Crippen molar-refractivity contribution >= 4 is 21.7 Å². The number of aromatic amines is 1. The summed E-state index contributed by atoms with van der Waals surface area (Å²) >= 11 is 3.20. The number of aromatic nitrogens is 3. The first-order valence-electron chi connectivity index (χ1n) is 5.08. The summed E-state index contributed by atoms with van der Waals surface area (Å²) in [6, 6.07) is 3.86. The van der Waals surface area contributed by atoms with Crippen molar-refractivity contribution in [2.24, 2.45) is 0 Å². The van der Waals surface area contributed by atoms with Crippen molar-refractivity contribution in [1.29, 1.82) is 0 Å². The van der Waals surface area contributed by atoms with E-state index in [0.29, 0.717) is 10.3 Å². The molecular weight excluding hydrogens is 284 g/mol. The van der Waals surface area contributed by atoms with Gasteiger partial charge in [-0.1, -0.05) is 6.07 Å². The summed E-state index contributed by atoms with van der Waals surface area (Å²) in [5.74, 6) is 0.519. The van der Waals surface area contributed by atoms with E-state index in [0.717, 1.165) is 5.56 Å². The van der Waals surface area contributed by atoms with Crippen LogP contribution in [-0.4, -0.2) is 15.0 Å². The third-order valence-corrected chi connectivity index (χ3v) is 3.07. The van der Waals surface area contributed by atoms with Gasteiger partial charge in [0, 0.05) is 12.4 Å². The summed E-state index contributed by atoms with van der Waals surface area (Å²) in [7, 11) is 0. The molecule has 2 aromatic rings. The van der Waals surface area contributed by atoms with Gasteiger partial charge in [-0.3, -0.25) is 9.78 Å². The predicted octanol–water partition coefficient (Wildman–Crippen LogP) is 2.10. The Morgan fingerprint density at radius 2 is 2.35 bits per heavy atom. The minimum absolute atomic E-state index is 0.0225. The van der Waals surface area contributed by atoms with Crippen LogP contribution >= 0.6 is 15.9 Å². The molecule has 0 aliphatic heterocycles. The fraction of sp³-hybridized carbons (Fsp3) is 0.182. The van der Waals surface area contributed by atoms with E-state index in [9.17, 15) is 4.79 Å². The van der Waals surface area contributed by atoms with E-state index in [1.54, 1.807) is 12.4 Å². The highest BCUT2D eigenvalue weighted by atomic mass is 79.9. The first-order chi connectivity index (χ1) is 8.18. The lowest BCUT2D eigenvalue weighted by Gasteiger charge is -2.14. The number of halogens is 1. The summed E-state index contributed by atoms with van der Waals surface area (Å²) in [4.78, 5) is 22.0. The first-order valence-corrected chi connectivity index (χ1v) is 5.87. The average Bonchev–Trinajstić information content (AvgIpc) is 2.36. The van der Waals surface area contributed by atoms with Crippen LogP contribution in [0.2, 0.25) is 0 Å². The van der Waals surface area contributed by atoms with Gasteiger partial charge in [0.15, 0.2) is 0 Å². The second-order valence-electron chi connectivity index (χ2n) is 3.55. The quantitative estimate of drug-likeness (QED) is 0.909. The fourth-order valence-electron chi connectivity index (χ4n) is 1.40. The third-order valence-electron chi connectivity index (χ3n) is 2.33. The molecule has 6 heteroatoms. The molecule has 0 saturated carbocycles. The summed E-state index contributed by atoms with van der Waals surface area (Å²) in [5.41, 5.74) is 0.822. The Hall–Kier alpha value is -1.69. The maximum atomic E-state index is 11.4. The van der Waals surface area contributed by atoms with Gasteiger partial charge in [-0.25, -0.2) is 4.98 Å². The SMILES string of the molecule is CC(Nc1nc[nH]c(=O)c1Br)c1cccnc1. The Kier molecular flexibility index (Phi) is 3.53. The van der Waals surface area contributed by atoms with E-state index in [2.05, 4.69) is 36.2 Å². The molecule has 0 bridgehead atoms. The standard InChI is InChI=1S/C11H11BrN4O/c1-7(8-3-2-4-13-5-8)16-10-9(12)11(17)15-6-14-10/h2-7H,1H3,(H2,14,15,16,17). The minimum Gasteiger partial charge on any atom is -0.362 e. The second kappa shape index (κ2) is 5.09. The molecule has 17 heavy (non-hydrogen) atoms. The topological polar surface area (TPSA) is 70.7 Å². The van der Waals surface area contributed by atoms with E-state index in [1.807, 2.05) is 19.1 Å². The van der Waals surface area contributed by atoms with Gasteiger partial charge in [0.2, 0.25) is 0 Å². The maximum Gasteiger partial charge on any atom is 0.267 e. The van der Waals surface area contributed by atoms with Crippen LogP contribution in [0, 0.1) is 0 Å².